The highest BCUT2D eigenvalue weighted by atomic mass is 15.2. The second-order valence-corrected chi connectivity index (χ2v) is 2.80. The molecule has 2 rings (SSSR count). The summed E-state index contributed by atoms with van der Waals surface area (Å²) in [6.07, 6.45) is 6.54. The van der Waals surface area contributed by atoms with Crippen LogP contribution >= 0.6 is 0 Å². The van der Waals surface area contributed by atoms with E-state index < -0.39 is 0 Å². The van der Waals surface area contributed by atoms with Gasteiger partial charge in [-0.1, -0.05) is 0 Å². The molecule has 8 heavy (non-hydrogen) atoms. The van der Waals surface area contributed by atoms with Crippen LogP contribution in [-0.4, -0.2) is 24.0 Å². The Morgan fingerprint density at radius 2 is 2.00 bits per heavy atom. The van der Waals surface area contributed by atoms with E-state index in [-0.39, 0.29) is 0 Å². The summed E-state index contributed by atoms with van der Waals surface area (Å²) in [5.41, 5.74) is 0. The summed E-state index contributed by atoms with van der Waals surface area (Å²) in [4.78, 5) is 2.58. The maximum absolute atomic E-state index is 2.58. The minimum Gasteiger partial charge on any atom is -0.300 e. The van der Waals surface area contributed by atoms with Crippen molar-refractivity contribution in [1.82, 2.24) is 4.90 Å². The van der Waals surface area contributed by atoms with Crippen molar-refractivity contribution in [3.05, 3.63) is 6.42 Å². The van der Waals surface area contributed by atoms with Crippen molar-refractivity contribution in [2.45, 2.75) is 25.3 Å². The van der Waals surface area contributed by atoms with Gasteiger partial charge in [0.25, 0.3) is 0 Å². The molecule has 1 nitrogen and oxygen atoms in total. The molecule has 0 aromatic rings. The van der Waals surface area contributed by atoms with E-state index in [2.05, 4.69) is 11.3 Å². The van der Waals surface area contributed by atoms with Gasteiger partial charge in [0.2, 0.25) is 0 Å². The Morgan fingerprint density at radius 1 is 1.25 bits per heavy atom. The SMILES string of the molecule is [CH]1CC(N2CCC2)C1. The molecule has 1 heterocycles. The lowest BCUT2D eigenvalue weighted by atomic mass is 9.89. The summed E-state index contributed by atoms with van der Waals surface area (Å²) in [6.45, 7) is 2.75. The van der Waals surface area contributed by atoms with Crippen molar-refractivity contribution in [3.8, 4) is 0 Å². The number of hydrogen-bond donors (Lipinski definition) is 0. The lowest BCUT2D eigenvalue weighted by Gasteiger charge is -2.42. The Hall–Kier alpha value is -0.0400. The van der Waals surface area contributed by atoms with Gasteiger partial charge in [-0.05, 0) is 38.8 Å². The fourth-order valence-electron chi connectivity index (χ4n) is 1.32. The van der Waals surface area contributed by atoms with Crippen LogP contribution in [0.5, 0.6) is 0 Å². The third kappa shape index (κ3) is 0.576. The Balaban J connectivity index is 1.79. The minimum atomic E-state index is 0.962. The molecule has 0 N–H and O–H groups in total. The molecule has 2 aliphatic rings. The van der Waals surface area contributed by atoms with Gasteiger partial charge < -0.3 is 4.90 Å². The maximum Gasteiger partial charge on any atom is 0.0101 e. The molecule has 0 atom stereocenters. The van der Waals surface area contributed by atoms with Gasteiger partial charge in [0.15, 0.2) is 0 Å². The Bertz CT molecular complexity index is 70.4. The fraction of sp³-hybridized carbons (Fsp3) is 0.857. The molecule has 45 valence electrons. The number of nitrogens with zero attached hydrogens (tertiary/aromatic N) is 1. The number of hydrogen-bond acceptors (Lipinski definition) is 1. The lowest BCUT2D eigenvalue weighted by Crippen LogP contribution is -2.48. The normalized spacial score (nSPS) is 31.5. The molecule has 1 radical (unpaired) electrons. The van der Waals surface area contributed by atoms with Crippen LogP contribution in [-0.2, 0) is 0 Å². The Kier molecular flexibility index (Phi) is 1.04. The summed E-state index contributed by atoms with van der Waals surface area (Å²) in [7, 11) is 0. The van der Waals surface area contributed by atoms with Crippen molar-refractivity contribution in [3.63, 3.8) is 0 Å². The quantitative estimate of drug-likeness (QED) is 0.488. The minimum absolute atomic E-state index is 0.962. The molecular formula is C7H12N. The zero-order chi connectivity index (χ0) is 5.40. The van der Waals surface area contributed by atoms with E-state index in [4.69, 9.17) is 0 Å². The second-order valence-electron chi connectivity index (χ2n) is 2.80. The van der Waals surface area contributed by atoms with Crippen molar-refractivity contribution in [2.75, 3.05) is 13.1 Å². The molecule has 1 heteroatoms. The fourth-order valence-corrected chi connectivity index (χ4v) is 1.32. The van der Waals surface area contributed by atoms with E-state index in [1.165, 1.54) is 32.4 Å². The van der Waals surface area contributed by atoms with Gasteiger partial charge in [-0.25, -0.2) is 0 Å². The first kappa shape index (κ1) is 4.80. The molecule has 1 saturated carbocycles. The first-order valence-electron chi connectivity index (χ1n) is 3.52. The van der Waals surface area contributed by atoms with Gasteiger partial charge in [-0.3, -0.25) is 0 Å². The van der Waals surface area contributed by atoms with Gasteiger partial charge in [-0.15, -0.1) is 0 Å². The smallest absolute Gasteiger partial charge is 0.0101 e. The Labute approximate surface area is 50.7 Å². The molecule has 0 bridgehead atoms. The van der Waals surface area contributed by atoms with Crippen LogP contribution in [0.25, 0.3) is 0 Å². The van der Waals surface area contributed by atoms with E-state index in [0.29, 0.717) is 0 Å². The second kappa shape index (κ2) is 1.73. The summed E-state index contributed by atoms with van der Waals surface area (Å²) >= 11 is 0. The van der Waals surface area contributed by atoms with Gasteiger partial charge in [-0.2, -0.15) is 0 Å². The van der Waals surface area contributed by atoms with Crippen molar-refractivity contribution in [1.29, 1.82) is 0 Å². The predicted octanol–water partition coefficient (Wildman–Crippen LogP) is 1.06. The van der Waals surface area contributed by atoms with E-state index in [0.717, 1.165) is 6.04 Å². The molecule has 1 saturated heterocycles. The molecule has 1 aliphatic heterocycles. The third-order valence-electron chi connectivity index (χ3n) is 2.28. The van der Waals surface area contributed by atoms with Crippen molar-refractivity contribution >= 4 is 0 Å². The maximum atomic E-state index is 2.58. The first-order valence-corrected chi connectivity index (χ1v) is 3.52. The van der Waals surface area contributed by atoms with E-state index in [1.807, 2.05) is 0 Å². The first-order chi connectivity index (χ1) is 3.97. The van der Waals surface area contributed by atoms with Gasteiger partial charge in [0.1, 0.15) is 0 Å². The summed E-state index contributed by atoms with van der Waals surface area (Å²) in [5, 5.41) is 0. The summed E-state index contributed by atoms with van der Waals surface area (Å²) in [5.74, 6) is 0. The largest absolute Gasteiger partial charge is 0.300 e. The lowest BCUT2D eigenvalue weighted by molar-refractivity contribution is 0.0910. The molecule has 0 amide bonds. The summed E-state index contributed by atoms with van der Waals surface area (Å²) < 4.78 is 0. The molecule has 1 aliphatic carbocycles. The molecule has 0 unspecified atom stereocenters. The van der Waals surface area contributed by atoms with Crippen molar-refractivity contribution in [2.24, 2.45) is 0 Å². The van der Waals surface area contributed by atoms with Crippen LogP contribution in [0.2, 0.25) is 0 Å². The highest BCUT2D eigenvalue weighted by Crippen LogP contribution is 2.26. The van der Waals surface area contributed by atoms with Gasteiger partial charge in [0.05, 0.1) is 0 Å². The molecular weight excluding hydrogens is 98.1 g/mol. The summed E-state index contributed by atoms with van der Waals surface area (Å²) in [6, 6.07) is 0.962. The highest BCUT2D eigenvalue weighted by molar-refractivity contribution is 4.94. The third-order valence-corrected chi connectivity index (χ3v) is 2.28. The van der Waals surface area contributed by atoms with E-state index >= 15 is 0 Å². The average molecular weight is 110 g/mol. The predicted molar refractivity (Wildman–Crippen MR) is 33.5 cm³/mol. The Morgan fingerprint density at radius 3 is 2.12 bits per heavy atom. The topological polar surface area (TPSA) is 3.24 Å². The van der Waals surface area contributed by atoms with Gasteiger partial charge in [0, 0.05) is 6.04 Å². The van der Waals surface area contributed by atoms with Crippen LogP contribution in [0.1, 0.15) is 19.3 Å². The van der Waals surface area contributed by atoms with Crippen LogP contribution in [0.4, 0.5) is 0 Å². The molecule has 2 fully saturated rings. The number of likely N-dealkylation sites (tertiary alicyclic amines) is 1. The zero-order valence-corrected chi connectivity index (χ0v) is 5.14. The van der Waals surface area contributed by atoms with Gasteiger partial charge >= 0.3 is 0 Å². The van der Waals surface area contributed by atoms with Crippen molar-refractivity contribution < 1.29 is 0 Å². The van der Waals surface area contributed by atoms with Crippen LogP contribution in [0.15, 0.2) is 0 Å². The zero-order valence-electron chi connectivity index (χ0n) is 5.14. The molecule has 0 spiro atoms. The standard InChI is InChI=1S/C7H12N/c1-3-7(4-1)8-5-2-6-8/h1,7H,2-6H2. The number of rotatable bonds is 1. The molecule has 0 aromatic carbocycles. The monoisotopic (exact) mass is 110 g/mol. The van der Waals surface area contributed by atoms with Crippen LogP contribution < -0.4 is 0 Å². The van der Waals surface area contributed by atoms with E-state index in [1.54, 1.807) is 0 Å². The van der Waals surface area contributed by atoms with E-state index in [9.17, 15) is 0 Å². The highest BCUT2D eigenvalue weighted by Gasteiger charge is 2.28. The van der Waals surface area contributed by atoms with Crippen LogP contribution in [0.3, 0.4) is 0 Å². The average Bonchev–Trinajstić information content (AvgIpc) is 1.47. The van der Waals surface area contributed by atoms with Crippen LogP contribution in [0, 0.1) is 6.42 Å². The molecule has 0 aromatic heterocycles.